The first-order chi connectivity index (χ1) is 8.97. The van der Waals surface area contributed by atoms with Gasteiger partial charge in [0.25, 0.3) is 0 Å². The number of aliphatic carboxylic acids is 1. The van der Waals surface area contributed by atoms with Gasteiger partial charge in [-0.1, -0.05) is 0 Å². The Balaban J connectivity index is 2.48. The van der Waals surface area contributed by atoms with Crippen molar-refractivity contribution >= 4 is 5.97 Å². The second-order valence-corrected chi connectivity index (χ2v) is 4.55. The van der Waals surface area contributed by atoms with Gasteiger partial charge < -0.3 is 25.1 Å². The van der Waals surface area contributed by atoms with Crippen LogP contribution in [0.1, 0.15) is 17.9 Å². The van der Waals surface area contributed by atoms with Crippen LogP contribution in [0.2, 0.25) is 0 Å². The molecule has 0 aromatic heterocycles. The van der Waals surface area contributed by atoms with E-state index in [1.807, 2.05) is 0 Å². The minimum Gasteiger partial charge on any atom is -0.496 e. The molecule has 0 spiro atoms. The van der Waals surface area contributed by atoms with Crippen molar-refractivity contribution in [3.63, 3.8) is 0 Å². The van der Waals surface area contributed by atoms with Gasteiger partial charge in [0.15, 0.2) is 0 Å². The summed E-state index contributed by atoms with van der Waals surface area (Å²) in [5.41, 5.74) is 5.28. The molecule has 0 saturated heterocycles. The SMILES string of the molecule is COc1cc(OC)c([C@H]2C[C@@]2(N)C(=O)O)c(OC)c1. The molecule has 6 nitrogen and oxygen atoms in total. The van der Waals surface area contributed by atoms with E-state index in [2.05, 4.69) is 0 Å². The number of nitrogens with two attached hydrogens (primary N) is 1. The summed E-state index contributed by atoms with van der Waals surface area (Å²) in [7, 11) is 4.56. The number of hydrogen-bond donors (Lipinski definition) is 2. The van der Waals surface area contributed by atoms with E-state index in [1.165, 1.54) is 21.3 Å². The Bertz CT molecular complexity index is 491. The van der Waals surface area contributed by atoms with Crippen molar-refractivity contribution in [1.82, 2.24) is 0 Å². The average Bonchev–Trinajstić information content (AvgIpc) is 3.10. The van der Waals surface area contributed by atoms with Crippen molar-refractivity contribution in [3.05, 3.63) is 17.7 Å². The maximum Gasteiger partial charge on any atom is 0.324 e. The number of methoxy groups -OCH3 is 3. The first-order valence-electron chi connectivity index (χ1n) is 5.80. The Kier molecular flexibility index (Phi) is 3.28. The highest BCUT2D eigenvalue weighted by Crippen LogP contribution is 2.56. The molecule has 0 amide bonds. The second-order valence-electron chi connectivity index (χ2n) is 4.55. The fourth-order valence-corrected chi connectivity index (χ4v) is 2.25. The number of carbonyl (C=O) groups is 1. The van der Waals surface area contributed by atoms with Crippen LogP contribution in [-0.2, 0) is 4.79 Å². The van der Waals surface area contributed by atoms with Crippen LogP contribution in [0.4, 0.5) is 0 Å². The van der Waals surface area contributed by atoms with Gasteiger partial charge in [-0.25, -0.2) is 0 Å². The minimum atomic E-state index is -1.24. The first kappa shape index (κ1) is 13.5. The standard InChI is InChI=1S/C13H17NO5/c1-17-7-4-9(18-2)11(10(5-7)19-3)8-6-13(8,14)12(15)16/h4-5,8H,6,14H2,1-3H3,(H,15,16)/t8-,13+/m1/s1. The highest BCUT2D eigenvalue weighted by molar-refractivity contribution is 5.85. The lowest BCUT2D eigenvalue weighted by molar-refractivity contribution is -0.139. The van der Waals surface area contributed by atoms with E-state index in [-0.39, 0.29) is 5.92 Å². The number of carboxylic acids is 1. The molecule has 0 aliphatic heterocycles. The summed E-state index contributed by atoms with van der Waals surface area (Å²) in [5.74, 6) is 0.291. The summed E-state index contributed by atoms with van der Waals surface area (Å²) in [6.07, 6.45) is 0.362. The van der Waals surface area contributed by atoms with Gasteiger partial charge in [-0.3, -0.25) is 4.79 Å². The van der Waals surface area contributed by atoms with Crippen molar-refractivity contribution in [3.8, 4) is 17.2 Å². The second kappa shape index (κ2) is 4.62. The summed E-state index contributed by atoms with van der Waals surface area (Å²) in [4.78, 5) is 11.2. The molecule has 3 N–H and O–H groups in total. The molecule has 0 bridgehead atoms. The van der Waals surface area contributed by atoms with Gasteiger partial charge in [0.1, 0.15) is 22.8 Å². The van der Waals surface area contributed by atoms with Crippen LogP contribution >= 0.6 is 0 Å². The molecule has 1 saturated carbocycles. The number of benzene rings is 1. The topological polar surface area (TPSA) is 91.0 Å². The van der Waals surface area contributed by atoms with Crippen LogP contribution in [0, 0.1) is 0 Å². The van der Waals surface area contributed by atoms with Crippen LogP contribution in [0.3, 0.4) is 0 Å². The summed E-state index contributed by atoms with van der Waals surface area (Å²) >= 11 is 0. The maximum atomic E-state index is 11.2. The number of rotatable bonds is 5. The predicted molar refractivity (Wildman–Crippen MR) is 68.0 cm³/mol. The Morgan fingerprint density at radius 2 is 1.79 bits per heavy atom. The van der Waals surface area contributed by atoms with Crippen LogP contribution in [-0.4, -0.2) is 37.9 Å². The lowest BCUT2D eigenvalue weighted by Crippen LogP contribution is -2.34. The molecule has 2 atom stereocenters. The molecule has 19 heavy (non-hydrogen) atoms. The third-order valence-electron chi connectivity index (χ3n) is 3.50. The highest BCUT2D eigenvalue weighted by atomic mass is 16.5. The third kappa shape index (κ3) is 2.08. The molecule has 104 valence electrons. The van der Waals surface area contributed by atoms with Crippen LogP contribution < -0.4 is 19.9 Å². The lowest BCUT2D eigenvalue weighted by Gasteiger charge is -2.16. The van der Waals surface area contributed by atoms with Crippen LogP contribution in [0.5, 0.6) is 17.2 Å². The molecule has 0 unspecified atom stereocenters. The van der Waals surface area contributed by atoms with E-state index in [9.17, 15) is 4.79 Å². The minimum absolute atomic E-state index is 0.319. The van der Waals surface area contributed by atoms with Gasteiger partial charge in [0.2, 0.25) is 0 Å². The number of carboxylic acid groups (broad SMARTS) is 1. The maximum absolute atomic E-state index is 11.2. The van der Waals surface area contributed by atoms with Crippen molar-refractivity contribution in [2.45, 2.75) is 17.9 Å². The molecule has 1 aromatic carbocycles. The zero-order valence-corrected chi connectivity index (χ0v) is 11.1. The van der Waals surface area contributed by atoms with Gasteiger partial charge in [0.05, 0.1) is 21.3 Å². The lowest BCUT2D eigenvalue weighted by atomic mass is 10.0. The Hall–Kier alpha value is -1.95. The van der Waals surface area contributed by atoms with E-state index in [0.717, 1.165) is 0 Å². The average molecular weight is 267 g/mol. The van der Waals surface area contributed by atoms with E-state index >= 15 is 0 Å². The Morgan fingerprint density at radius 3 is 2.11 bits per heavy atom. The number of ether oxygens (including phenoxy) is 3. The van der Waals surface area contributed by atoms with Gasteiger partial charge >= 0.3 is 5.97 Å². The smallest absolute Gasteiger partial charge is 0.324 e. The first-order valence-corrected chi connectivity index (χ1v) is 5.80. The molecule has 0 heterocycles. The number of hydrogen-bond acceptors (Lipinski definition) is 5. The fraction of sp³-hybridized carbons (Fsp3) is 0.462. The Labute approximate surface area is 111 Å². The zero-order valence-electron chi connectivity index (χ0n) is 11.1. The third-order valence-corrected chi connectivity index (χ3v) is 3.50. The molecule has 1 aromatic rings. The van der Waals surface area contributed by atoms with Crippen molar-refractivity contribution in [2.24, 2.45) is 5.73 Å². The largest absolute Gasteiger partial charge is 0.496 e. The predicted octanol–water partition coefficient (Wildman–Crippen LogP) is 0.982. The molecule has 0 radical (unpaired) electrons. The molecular formula is C13H17NO5. The van der Waals surface area contributed by atoms with E-state index in [1.54, 1.807) is 12.1 Å². The summed E-state index contributed by atoms with van der Waals surface area (Å²) in [5, 5.41) is 9.14. The highest BCUT2D eigenvalue weighted by Gasteiger charge is 2.60. The quantitative estimate of drug-likeness (QED) is 0.826. The van der Waals surface area contributed by atoms with Crippen LogP contribution in [0.15, 0.2) is 12.1 Å². The van der Waals surface area contributed by atoms with Crippen LogP contribution in [0.25, 0.3) is 0 Å². The van der Waals surface area contributed by atoms with Gasteiger partial charge in [0, 0.05) is 23.6 Å². The van der Waals surface area contributed by atoms with E-state index in [0.29, 0.717) is 29.2 Å². The van der Waals surface area contributed by atoms with E-state index < -0.39 is 11.5 Å². The monoisotopic (exact) mass is 267 g/mol. The van der Waals surface area contributed by atoms with Crippen molar-refractivity contribution in [2.75, 3.05) is 21.3 Å². The Morgan fingerprint density at radius 1 is 1.26 bits per heavy atom. The van der Waals surface area contributed by atoms with Crippen molar-refractivity contribution < 1.29 is 24.1 Å². The molecule has 1 fully saturated rings. The summed E-state index contributed by atoms with van der Waals surface area (Å²) < 4.78 is 15.7. The molecule has 1 aliphatic rings. The summed E-state index contributed by atoms with van der Waals surface area (Å²) in [6.45, 7) is 0. The molecular weight excluding hydrogens is 250 g/mol. The van der Waals surface area contributed by atoms with E-state index in [4.69, 9.17) is 25.1 Å². The fourth-order valence-electron chi connectivity index (χ4n) is 2.25. The molecule has 6 heteroatoms. The zero-order chi connectivity index (χ0) is 14.2. The summed E-state index contributed by atoms with van der Waals surface area (Å²) in [6, 6.07) is 3.39. The molecule has 1 aliphatic carbocycles. The van der Waals surface area contributed by atoms with Crippen molar-refractivity contribution in [1.29, 1.82) is 0 Å². The van der Waals surface area contributed by atoms with Gasteiger partial charge in [-0.15, -0.1) is 0 Å². The normalized spacial score (nSPS) is 24.7. The molecule has 2 rings (SSSR count). The van der Waals surface area contributed by atoms with Gasteiger partial charge in [-0.2, -0.15) is 0 Å². The van der Waals surface area contributed by atoms with Gasteiger partial charge in [-0.05, 0) is 6.42 Å².